The number of amides is 2. The van der Waals surface area contributed by atoms with Gasteiger partial charge in [-0.1, -0.05) is 36.4 Å². The van der Waals surface area contributed by atoms with E-state index in [1.54, 1.807) is 23.2 Å². The zero-order valence-corrected chi connectivity index (χ0v) is 17.0. The van der Waals surface area contributed by atoms with E-state index in [1.807, 2.05) is 24.3 Å². The van der Waals surface area contributed by atoms with Crippen LogP contribution in [-0.4, -0.2) is 49.2 Å². The van der Waals surface area contributed by atoms with Crippen LogP contribution in [0.5, 0.6) is 0 Å². The second-order valence-electron chi connectivity index (χ2n) is 6.87. The van der Waals surface area contributed by atoms with Crippen molar-refractivity contribution in [2.24, 2.45) is 0 Å². The molecule has 7 heteroatoms. The van der Waals surface area contributed by atoms with Crippen LogP contribution in [0.2, 0.25) is 0 Å². The summed E-state index contributed by atoms with van der Waals surface area (Å²) in [5.41, 5.74) is 1.19. The number of nitrogens with zero attached hydrogens (tertiary/aromatic N) is 1. The van der Waals surface area contributed by atoms with E-state index in [2.05, 4.69) is 34.2 Å². The van der Waals surface area contributed by atoms with Crippen LogP contribution in [0.1, 0.15) is 36.2 Å². The van der Waals surface area contributed by atoms with E-state index < -0.39 is 0 Å². The van der Waals surface area contributed by atoms with Gasteiger partial charge in [0.05, 0.1) is 11.5 Å². The number of likely N-dealkylation sites (tertiary alicyclic amines) is 1. The number of benzene rings is 1. The van der Waals surface area contributed by atoms with Gasteiger partial charge in [0.25, 0.3) is 5.91 Å². The molecule has 0 saturated carbocycles. The molecule has 2 amide bonds. The zero-order chi connectivity index (χ0) is 19.8. The maximum Gasteiger partial charge on any atom is 0.409 e. The zero-order valence-electron chi connectivity index (χ0n) is 16.2. The third-order valence-corrected chi connectivity index (χ3v) is 5.89. The van der Waals surface area contributed by atoms with Crippen molar-refractivity contribution in [3.63, 3.8) is 0 Å². The molecule has 0 unspecified atom stereocenters. The number of nitrogens with one attached hydrogen (secondary N) is 1. The summed E-state index contributed by atoms with van der Waals surface area (Å²) in [6.45, 7) is 3.80. The van der Waals surface area contributed by atoms with E-state index >= 15 is 0 Å². The van der Waals surface area contributed by atoms with E-state index in [9.17, 15) is 9.59 Å². The van der Waals surface area contributed by atoms with Gasteiger partial charge < -0.3 is 20.3 Å². The van der Waals surface area contributed by atoms with Crippen molar-refractivity contribution in [1.82, 2.24) is 10.2 Å². The van der Waals surface area contributed by atoms with Gasteiger partial charge in [-0.05, 0) is 31.2 Å². The molecule has 0 radical (unpaired) electrons. The molecule has 0 bridgehead atoms. The van der Waals surface area contributed by atoms with E-state index in [4.69, 9.17) is 4.74 Å². The summed E-state index contributed by atoms with van der Waals surface area (Å²) in [5.74, 6) is 0.0343. The summed E-state index contributed by atoms with van der Waals surface area (Å²) in [5, 5.41) is 7.27. The van der Waals surface area contributed by atoms with E-state index in [1.165, 1.54) is 10.4 Å². The SMILES string of the molecule is CCOC(=O)N1CCC(NC(=O)C[NH2+][C@@H](c2ccccc2)c2cccs2)CC1. The first kappa shape index (κ1) is 20.4. The molecule has 0 aliphatic carbocycles. The number of nitrogens with two attached hydrogens (primary N) is 1. The lowest BCUT2D eigenvalue weighted by atomic mass is 10.0. The minimum atomic E-state index is -0.262. The molecule has 1 fully saturated rings. The van der Waals surface area contributed by atoms with Crippen LogP contribution in [0.4, 0.5) is 4.79 Å². The molecule has 28 heavy (non-hydrogen) atoms. The van der Waals surface area contributed by atoms with Crippen LogP contribution in [-0.2, 0) is 9.53 Å². The van der Waals surface area contributed by atoms with Crippen LogP contribution in [0.15, 0.2) is 47.8 Å². The lowest BCUT2D eigenvalue weighted by Gasteiger charge is -2.31. The first-order valence-corrected chi connectivity index (χ1v) is 10.7. The fourth-order valence-electron chi connectivity index (χ4n) is 3.48. The molecule has 3 rings (SSSR count). The highest BCUT2D eigenvalue weighted by Gasteiger charge is 2.25. The Labute approximate surface area is 169 Å². The van der Waals surface area contributed by atoms with Gasteiger partial charge in [0.2, 0.25) is 0 Å². The van der Waals surface area contributed by atoms with Gasteiger partial charge in [-0.3, -0.25) is 4.79 Å². The molecule has 1 saturated heterocycles. The van der Waals surface area contributed by atoms with Crippen LogP contribution in [0, 0.1) is 0 Å². The van der Waals surface area contributed by atoms with E-state index in [0.717, 1.165) is 12.8 Å². The largest absolute Gasteiger partial charge is 0.450 e. The summed E-state index contributed by atoms with van der Waals surface area (Å²) in [6, 6.07) is 14.7. The van der Waals surface area contributed by atoms with Crippen molar-refractivity contribution in [3.05, 3.63) is 58.3 Å². The molecule has 1 atom stereocenters. The topological polar surface area (TPSA) is 75.2 Å². The van der Waals surface area contributed by atoms with Gasteiger partial charge in [-0.15, -0.1) is 11.3 Å². The Morgan fingerprint density at radius 1 is 1.21 bits per heavy atom. The van der Waals surface area contributed by atoms with Crippen molar-refractivity contribution >= 4 is 23.3 Å². The van der Waals surface area contributed by atoms with Gasteiger partial charge >= 0.3 is 6.09 Å². The third kappa shape index (κ3) is 5.56. The molecule has 2 heterocycles. The summed E-state index contributed by atoms with van der Waals surface area (Å²) in [4.78, 5) is 27.2. The standard InChI is InChI=1S/C21H27N3O3S/c1-2-27-21(26)24-12-10-17(11-13-24)23-19(25)15-22-20(18-9-6-14-28-18)16-7-4-3-5-8-16/h3-9,14,17,20,22H,2,10-13,15H2,1H3,(H,23,25)/p+1/t20-/m0/s1. The van der Waals surface area contributed by atoms with Gasteiger partial charge in [0.1, 0.15) is 6.04 Å². The second kappa shape index (κ2) is 10.2. The Kier molecular flexibility index (Phi) is 7.45. The average Bonchev–Trinajstić information content (AvgIpc) is 3.24. The van der Waals surface area contributed by atoms with Crippen molar-refractivity contribution in [2.75, 3.05) is 26.2 Å². The van der Waals surface area contributed by atoms with Crippen LogP contribution < -0.4 is 10.6 Å². The molecule has 0 spiro atoms. The van der Waals surface area contributed by atoms with Crippen LogP contribution in [0.3, 0.4) is 0 Å². The number of carbonyl (C=O) groups is 2. The number of ether oxygens (including phenoxy) is 1. The number of hydrogen-bond donors (Lipinski definition) is 2. The number of rotatable bonds is 7. The van der Waals surface area contributed by atoms with Crippen molar-refractivity contribution in [1.29, 1.82) is 0 Å². The molecule has 1 aromatic carbocycles. The van der Waals surface area contributed by atoms with Crippen molar-refractivity contribution in [2.45, 2.75) is 31.8 Å². The number of thiophene rings is 1. The molecule has 3 N–H and O–H groups in total. The summed E-state index contributed by atoms with van der Waals surface area (Å²) >= 11 is 1.71. The number of hydrogen-bond acceptors (Lipinski definition) is 4. The molecule has 1 aliphatic heterocycles. The van der Waals surface area contributed by atoms with Gasteiger partial charge in [0.15, 0.2) is 6.54 Å². The highest BCUT2D eigenvalue weighted by molar-refractivity contribution is 7.10. The molecule has 150 valence electrons. The number of quaternary nitrogens is 1. The third-order valence-electron chi connectivity index (χ3n) is 4.93. The Balaban J connectivity index is 1.49. The minimum absolute atomic E-state index is 0.0343. The smallest absolute Gasteiger partial charge is 0.409 e. The predicted molar refractivity (Wildman–Crippen MR) is 109 cm³/mol. The normalized spacial score (nSPS) is 15.8. The summed E-state index contributed by atoms with van der Waals surface area (Å²) < 4.78 is 5.04. The minimum Gasteiger partial charge on any atom is -0.450 e. The van der Waals surface area contributed by atoms with Crippen molar-refractivity contribution in [3.8, 4) is 0 Å². The molecular formula is C21H28N3O3S+. The van der Waals surface area contributed by atoms with Gasteiger partial charge in [-0.25, -0.2) is 4.79 Å². The molecule has 1 aromatic heterocycles. The lowest BCUT2D eigenvalue weighted by molar-refractivity contribution is -0.676. The first-order chi connectivity index (χ1) is 13.7. The highest BCUT2D eigenvalue weighted by atomic mass is 32.1. The van der Waals surface area contributed by atoms with Gasteiger partial charge in [-0.2, -0.15) is 0 Å². The number of carbonyl (C=O) groups excluding carboxylic acids is 2. The maximum absolute atomic E-state index is 12.5. The molecule has 2 aromatic rings. The van der Waals surface area contributed by atoms with E-state index in [-0.39, 0.29) is 24.1 Å². The monoisotopic (exact) mass is 402 g/mol. The maximum atomic E-state index is 12.5. The Bertz CT molecular complexity index is 744. The summed E-state index contributed by atoms with van der Waals surface area (Å²) in [7, 11) is 0. The lowest BCUT2D eigenvalue weighted by Crippen LogP contribution is -2.87. The Hall–Kier alpha value is -2.38. The Morgan fingerprint density at radius 2 is 1.96 bits per heavy atom. The van der Waals surface area contributed by atoms with Crippen LogP contribution in [0.25, 0.3) is 0 Å². The second-order valence-corrected chi connectivity index (χ2v) is 7.85. The van der Waals surface area contributed by atoms with Crippen LogP contribution >= 0.6 is 11.3 Å². The van der Waals surface area contributed by atoms with Crippen molar-refractivity contribution < 1.29 is 19.6 Å². The quantitative estimate of drug-likeness (QED) is 0.745. The highest BCUT2D eigenvalue weighted by Crippen LogP contribution is 2.22. The average molecular weight is 403 g/mol. The van der Waals surface area contributed by atoms with E-state index in [0.29, 0.717) is 26.2 Å². The predicted octanol–water partition coefficient (Wildman–Crippen LogP) is 2.14. The molecular weight excluding hydrogens is 374 g/mol. The number of piperidine rings is 1. The fraction of sp³-hybridized carbons (Fsp3) is 0.429. The molecule has 6 nitrogen and oxygen atoms in total. The Morgan fingerprint density at radius 3 is 2.61 bits per heavy atom. The fourth-order valence-corrected chi connectivity index (χ4v) is 4.33. The molecule has 1 aliphatic rings. The first-order valence-electron chi connectivity index (χ1n) is 9.80. The van der Waals surface area contributed by atoms with Gasteiger partial charge in [0, 0.05) is 24.7 Å². The summed E-state index contributed by atoms with van der Waals surface area (Å²) in [6.07, 6.45) is 1.26.